The number of alkyl halides is 3. The molecule has 10 heteroatoms. The molecule has 1 fully saturated rings. The molecule has 0 saturated heterocycles. The molecule has 1 unspecified atom stereocenters. The molecule has 2 aromatic rings. The van der Waals surface area contributed by atoms with Gasteiger partial charge < -0.3 is 10.0 Å². The topological polar surface area (TPSA) is 85.9 Å². The number of aliphatic hydroxyl groups is 1. The van der Waals surface area contributed by atoms with Crippen molar-refractivity contribution in [1.82, 2.24) is 15.0 Å². The lowest BCUT2D eigenvalue weighted by atomic mass is 10.2. The lowest BCUT2D eigenvalue weighted by Gasteiger charge is -2.29. The monoisotopic (exact) mass is 367 g/mol. The summed E-state index contributed by atoms with van der Waals surface area (Å²) >= 11 is 0. The molecular weight excluding hydrogens is 354 g/mol. The molecule has 136 valence electrons. The Bertz CT molecular complexity index is 847. The molecule has 1 aliphatic carbocycles. The second kappa shape index (κ2) is 6.84. The van der Waals surface area contributed by atoms with E-state index in [1.807, 2.05) is 0 Å². The van der Waals surface area contributed by atoms with E-state index in [4.69, 9.17) is 5.26 Å². The SMILES string of the molecule is N#CCN(c1cnc(-c2cncc(F)c2)nc1C(F)(F)F)C(O)C1CC1. The molecule has 26 heavy (non-hydrogen) atoms. The Morgan fingerprint density at radius 3 is 2.62 bits per heavy atom. The number of aromatic nitrogens is 3. The summed E-state index contributed by atoms with van der Waals surface area (Å²) in [5, 5.41) is 19.2. The van der Waals surface area contributed by atoms with Crippen LogP contribution in [0, 0.1) is 23.1 Å². The highest BCUT2D eigenvalue weighted by Gasteiger charge is 2.41. The van der Waals surface area contributed by atoms with Crippen molar-refractivity contribution in [2.24, 2.45) is 5.92 Å². The molecule has 0 radical (unpaired) electrons. The predicted molar refractivity (Wildman–Crippen MR) is 81.9 cm³/mol. The van der Waals surface area contributed by atoms with E-state index in [2.05, 4.69) is 15.0 Å². The average molecular weight is 367 g/mol. The number of rotatable bonds is 5. The summed E-state index contributed by atoms with van der Waals surface area (Å²) in [4.78, 5) is 11.9. The molecule has 0 aliphatic heterocycles. The number of halogens is 4. The second-order valence-electron chi connectivity index (χ2n) is 5.85. The molecule has 0 bridgehead atoms. The van der Waals surface area contributed by atoms with E-state index in [0.29, 0.717) is 12.8 Å². The number of nitriles is 1. The van der Waals surface area contributed by atoms with Crippen molar-refractivity contribution in [2.75, 3.05) is 11.4 Å². The van der Waals surface area contributed by atoms with Gasteiger partial charge in [-0.1, -0.05) is 0 Å². The number of nitrogens with zero attached hydrogens (tertiary/aromatic N) is 5. The Hall–Kier alpha value is -2.80. The highest BCUT2D eigenvalue weighted by atomic mass is 19.4. The number of pyridine rings is 1. The third-order valence-electron chi connectivity index (χ3n) is 3.91. The van der Waals surface area contributed by atoms with Gasteiger partial charge in [0.15, 0.2) is 11.5 Å². The maximum absolute atomic E-state index is 13.5. The average Bonchev–Trinajstić information content (AvgIpc) is 3.43. The van der Waals surface area contributed by atoms with Crippen LogP contribution in [0.4, 0.5) is 23.2 Å². The minimum absolute atomic E-state index is 0.0170. The summed E-state index contributed by atoms with van der Waals surface area (Å²) < 4.78 is 53.9. The highest BCUT2D eigenvalue weighted by Crippen LogP contribution is 2.40. The molecule has 3 rings (SSSR count). The van der Waals surface area contributed by atoms with E-state index in [0.717, 1.165) is 29.6 Å². The molecule has 0 amide bonds. The van der Waals surface area contributed by atoms with Gasteiger partial charge in [0.2, 0.25) is 0 Å². The number of anilines is 1. The van der Waals surface area contributed by atoms with E-state index >= 15 is 0 Å². The lowest BCUT2D eigenvalue weighted by molar-refractivity contribution is -0.140. The van der Waals surface area contributed by atoms with Gasteiger partial charge in [-0.25, -0.2) is 14.4 Å². The summed E-state index contributed by atoms with van der Waals surface area (Å²) in [5.74, 6) is -1.29. The van der Waals surface area contributed by atoms with E-state index in [1.54, 1.807) is 6.07 Å². The first-order chi connectivity index (χ1) is 12.3. The molecule has 2 heterocycles. The molecule has 1 aliphatic rings. The van der Waals surface area contributed by atoms with Gasteiger partial charge in [0.1, 0.15) is 18.6 Å². The van der Waals surface area contributed by atoms with Gasteiger partial charge in [0.25, 0.3) is 0 Å². The first kappa shape index (κ1) is 18.0. The smallest absolute Gasteiger partial charge is 0.373 e. The van der Waals surface area contributed by atoms with Crippen LogP contribution in [0.1, 0.15) is 18.5 Å². The van der Waals surface area contributed by atoms with Gasteiger partial charge in [-0.2, -0.15) is 18.4 Å². The maximum atomic E-state index is 13.5. The quantitative estimate of drug-likeness (QED) is 0.497. The van der Waals surface area contributed by atoms with Gasteiger partial charge in [0.05, 0.1) is 24.2 Å². The van der Waals surface area contributed by atoms with Crippen molar-refractivity contribution in [3.05, 3.63) is 36.2 Å². The number of hydrogen-bond acceptors (Lipinski definition) is 6. The zero-order valence-corrected chi connectivity index (χ0v) is 13.3. The predicted octanol–water partition coefficient (Wildman–Crippen LogP) is 2.75. The number of aliphatic hydroxyl groups excluding tert-OH is 1. The summed E-state index contributed by atoms with van der Waals surface area (Å²) in [6.07, 6.45) is -1.82. The van der Waals surface area contributed by atoms with E-state index in [1.165, 1.54) is 0 Å². The van der Waals surface area contributed by atoms with Gasteiger partial charge >= 0.3 is 6.18 Å². The molecule has 6 nitrogen and oxygen atoms in total. The highest BCUT2D eigenvalue weighted by molar-refractivity contribution is 5.59. The van der Waals surface area contributed by atoms with Crippen molar-refractivity contribution >= 4 is 5.69 Å². The summed E-state index contributed by atoms with van der Waals surface area (Å²) in [5.41, 5.74) is -1.81. The zero-order chi connectivity index (χ0) is 18.9. The van der Waals surface area contributed by atoms with Gasteiger partial charge in [0, 0.05) is 17.7 Å². The van der Waals surface area contributed by atoms with Gasteiger partial charge in [-0.3, -0.25) is 4.98 Å². The zero-order valence-electron chi connectivity index (χ0n) is 13.3. The van der Waals surface area contributed by atoms with Crippen LogP contribution in [0.3, 0.4) is 0 Å². The fourth-order valence-electron chi connectivity index (χ4n) is 2.51. The van der Waals surface area contributed by atoms with Crippen molar-refractivity contribution in [2.45, 2.75) is 25.2 Å². The van der Waals surface area contributed by atoms with Crippen molar-refractivity contribution in [3.8, 4) is 17.5 Å². The molecular formula is C16H13F4N5O. The minimum Gasteiger partial charge on any atom is -0.373 e. The van der Waals surface area contributed by atoms with Crippen LogP contribution in [0.25, 0.3) is 11.4 Å². The molecule has 1 N–H and O–H groups in total. The third-order valence-corrected chi connectivity index (χ3v) is 3.91. The minimum atomic E-state index is -4.86. The second-order valence-corrected chi connectivity index (χ2v) is 5.85. The summed E-state index contributed by atoms with van der Waals surface area (Å²) in [6.45, 7) is -0.453. The Kier molecular flexibility index (Phi) is 4.73. The first-order valence-corrected chi connectivity index (χ1v) is 7.68. The van der Waals surface area contributed by atoms with E-state index in [-0.39, 0.29) is 17.3 Å². The third kappa shape index (κ3) is 3.72. The lowest BCUT2D eigenvalue weighted by Crippen LogP contribution is -2.39. The van der Waals surface area contributed by atoms with Crippen LogP contribution in [-0.2, 0) is 6.18 Å². The van der Waals surface area contributed by atoms with Crippen molar-refractivity contribution in [1.29, 1.82) is 5.26 Å². The van der Waals surface area contributed by atoms with Gasteiger partial charge in [-0.05, 0) is 18.9 Å². The van der Waals surface area contributed by atoms with Crippen LogP contribution in [-0.4, -0.2) is 32.8 Å². The first-order valence-electron chi connectivity index (χ1n) is 7.68. The van der Waals surface area contributed by atoms with E-state index in [9.17, 15) is 22.7 Å². The largest absolute Gasteiger partial charge is 0.435 e. The Balaban J connectivity index is 2.08. The summed E-state index contributed by atoms with van der Waals surface area (Å²) in [7, 11) is 0. The van der Waals surface area contributed by atoms with Gasteiger partial charge in [-0.15, -0.1) is 0 Å². The van der Waals surface area contributed by atoms with E-state index < -0.39 is 36.1 Å². The number of hydrogen-bond donors (Lipinski definition) is 1. The van der Waals surface area contributed by atoms with Crippen molar-refractivity contribution < 1.29 is 22.7 Å². The summed E-state index contributed by atoms with van der Waals surface area (Å²) in [6, 6.07) is 2.71. The molecule has 1 saturated carbocycles. The van der Waals surface area contributed by atoms with Crippen LogP contribution >= 0.6 is 0 Å². The fourth-order valence-corrected chi connectivity index (χ4v) is 2.51. The van der Waals surface area contributed by atoms with Crippen LogP contribution in [0.5, 0.6) is 0 Å². The molecule has 2 aromatic heterocycles. The normalized spacial score (nSPS) is 15.4. The van der Waals surface area contributed by atoms with Crippen molar-refractivity contribution in [3.63, 3.8) is 0 Å². The van der Waals surface area contributed by atoms with Crippen LogP contribution < -0.4 is 4.90 Å². The Morgan fingerprint density at radius 2 is 2.04 bits per heavy atom. The fraction of sp³-hybridized carbons (Fsp3) is 0.375. The van der Waals surface area contributed by atoms with Crippen LogP contribution in [0.2, 0.25) is 0 Å². The van der Waals surface area contributed by atoms with Crippen LogP contribution in [0.15, 0.2) is 24.7 Å². The Labute approximate surface area is 145 Å². The molecule has 1 atom stereocenters. The molecule has 0 spiro atoms. The standard InChI is InChI=1S/C16H13F4N5O/c17-11-5-10(6-22-7-11)14-23-8-12(13(24-14)16(18,19)20)25(4-3-21)15(26)9-1-2-9/h5-9,15,26H,1-2,4H2. The maximum Gasteiger partial charge on any atom is 0.435 e. The Morgan fingerprint density at radius 1 is 1.31 bits per heavy atom. The molecule has 0 aromatic carbocycles.